The van der Waals surface area contributed by atoms with Gasteiger partial charge in [-0.05, 0) is 75.0 Å². The number of hydrogen-bond acceptors (Lipinski definition) is 6. The Morgan fingerprint density at radius 3 is 2.03 bits per heavy atom. The second-order valence-electron chi connectivity index (χ2n) is 9.15. The molecule has 1 spiro atoms. The molecular formula is C24H29F6N3O5. The summed E-state index contributed by atoms with van der Waals surface area (Å²) in [4.78, 5) is 27.1. The molecule has 1 aliphatic carbocycles. The van der Waals surface area contributed by atoms with Gasteiger partial charge >= 0.3 is 24.3 Å². The van der Waals surface area contributed by atoms with Crippen molar-refractivity contribution in [2.24, 2.45) is 5.41 Å². The topological polar surface area (TPSA) is 107 Å². The predicted octanol–water partition coefficient (Wildman–Crippen LogP) is 4.82. The molecule has 0 radical (unpaired) electrons. The summed E-state index contributed by atoms with van der Waals surface area (Å²) in [6.07, 6.45) is 0.814. The van der Waals surface area contributed by atoms with E-state index >= 15 is 0 Å². The van der Waals surface area contributed by atoms with Crippen molar-refractivity contribution in [1.29, 1.82) is 0 Å². The molecule has 0 aromatic carbocycles. The fraction of sp³-hybridized carbons (Fsp3) is 0.542. The van der Waals surface area contributed by atoms with Crippen LogP contribution in [0.4, 0.5) is 26.3 Å². The Bertz CT molecular complexity index is 983. The Labute approximate surface area is 214 Å². The van der Waals surface area contributed by atoms with E-state index in [0.717, 1.165) is 18.8 Å². The van der Waals surface area contributed by atoms with Crippen molar-refractivity contribution in [3.8, 4) is 0 Å². The number of furan rings is 1. The number of likely N-dealkylation sites (tertiary alicyclic amines) is 1. The summed E-state index contributed by atoms with van der Waals surface area (Å²) in [7, 11) is 2.26. The Kier molecular flexibility index (Phi) is 10.7. The van der Waals surface area contributed by atoms with E-state index < -0.39 is 24.3 Å². The van der Waals surface area contributed by atoms with Gasteiger partial charge < -0.3 is 14.6 Å². The zero-order valence-corrected chi connectivity index (χ0v) is 20.5. The number of pyridine rings is 1. The number of piperidine rings is 1. The number of aliphatic carboxylic acids is 2. The van der Waals surface area contributed by atoms with Crippen molar-refractivity contribution in [2.45, 2.75) is 57.2 Å². The number of nitrogens with zero attached hydrogens (tertiary/aromatic N) is 3. The SMILES string of the molecule is CN(Cc1ccco1)C1CCC12CCN(Cc1cccnc1)CC2.O=C(O)C(F)(F)F.O=C(O)C(F)(F)F. The molecule has 2 fully saturated rings. The van der Waals surface area contributed by atoms with Crippen LogP contribution in [0.25, 0.3) is 0 Å². The molecule has 1 unspecified atom stereocenters. The molecule has 38 heavy (non-hydrogen) atoms. The Hall–Kier alpha value is -3.13. The van der Waals surface area contributed by atoms with E-state index in [2.05, 4.69) is 34.0 Å². The van der Waals surface area contributed by atoms with Crippen LogP contribution in [0, 0.1) is 5.41 Å². The van der Waals surface area contributed by atoms with Gasteiger partial charge in [0.1, 0.15) is 5.76 Å². The van der Waals surface area contributed by atoms with E-state index in [1.54, 1.807) is 6.26 Å². The summed E-state index contributed by atoms with van der Waals surface area (Å²) in [5.41, 5.74) is 1.86. The highest BCUT2D eigenvalue weighted by atomic mass is 19.4. The molecule has 1 saturated heterocycles. The summed E-state index contributed by atoms with van der Waals surface area (Å²) in [5, 5.41) is 14.2. The maximum Gasteiger partial charge on any atom is 0.490 e. The normalized spacial score (nSPS) is 19.0. The lowest BCUT2D eigenvalue weighted by Gasteiger charge is -2.57. The quantitative estimate of drug-likeness (QED) is 0.508. The third-order valence-corrected chi connectivity index (χ3v) is 6.61. The lowest BCUT2D eigenvalue weighted by atomic mass is 9.58. The molecule has 212 valence electrons. The van der Waals surface area contributed by atoms with Gasteiger partial charge in [-0.3, -0.25) is 14.8 Å². The van der Waals surface area contributed by atoms with Crippen molar-refractivity contribution >= 4 is 11.9 Å². The standard InChI is InChI=1S/C20H27N3O.2C2HF3O2/c1-22(16-18-5-3-13-24-18)19-6-7-20(19)8-11-23(12-9-20)15-17-4-2-10-21-14-17;2*3-2(4,5)1(6)7/h2-5,10,13-14,19H,6-9,11-12,15-16H2,1H3;2*(H,6,7). The van der Waals surface area contributed by atoms with Gasteiger partial charge in [-0.1, -0.05) is 6.07 Å². The second kappa shape index (κ2) is 13.1. The predicted molar refractivity (Wildman–Crippen MR) is 122 cm³/mol. The maximum atomic E-state index is 10.6. The van der Waals surface area contributed by atoms with Crippen LogP contribution >= 0.6 is 0 Å². The number of hydrogen-bond donors (Lipinski definition) is 2. The molecule has 14 heteroatoms. The first-order valence-electron chi connectivity index (χ1n) is 11.6. The minimum absolute atomic E-state index is 0.535. The molecule has 8 nitrogen and oxygen atoms in total. The summed E-state index contributed by atoms with van der Waals surface area (Å²) in [6, 6.07) is 8.99. The van der Waals surface area contributed by atoms with Crippen LogP contribution in [-0.4, -0.2) is 75.5 Å². The third kappa shape index (κ3) is 9.31. The maximum absolute atomic E-state index is 10.6. The third-order valence-electron chi connectivity index (χ3n) is 6.61. The minimum atomic E-state index is -5.08. The lowest BCUT2D eigenvalue weighted by Crippen LogP contribution is -2.57. The fourth-order valence-corrected chi connectivity index (χ4v) is 4.62. The largest absolute Gasteiger partial charge is 0.490 e. The Morgan fingerprint density at radius 2 is 1.63 bits per heavy atom. The molecule has 3 heterocycles. The van der Waals surface area contributed by atoms with E-state index in [1.165, 1.54) is 44.3 Å². The van der Waals surface area contributed by atoms with Crippen LogP contribution in [0.3, 0.4) is 0 Å². The van der Waals surface area contributed by atoms with Gasteiger partial charge in [0.05, 0.1) is 12.8 Å². The number of rotatable bonds is 5. The average Bonchev–Trinajstić information content (AvgIpc) is 3.32. The smallest absolute Gasteiger partial charge is 0.475 e. The minimum Gasteiger partial charge on any atom is -0.475 e. The lowest BCUT2D eigenvalue weighted by molar-refractivity contribution is -0.193. The van der Waals surface area contributed by atoms with Crippen molar-refractivity contribution in [1.82, 2.24) is 14.8 Å². The molecule has 1 aliphatic heterocycles. The highest BCUT2D eigenvalue weighted by Crippen LogP contribution is 2.51. The van der Waals surface area contributed by atoms with Crippen molar-refractivity contribution in [3.05, 3.63) is 54.2 Å². The van der Waals surface area contributed by atoms with Crippen LogP contribution in [0.15, 0.2) is 47.3 Å². The molecule has 1 atom stereocenters. The first-order valence-corrected chi connectivity index (χ1v) is 11.6. The number of alkyl halides is 6. The molecule has 4 rings (SSSR count). The van der Waals surface area contributed by atoms with Crippen LogP contribution < -0.4 is 0 Å². The summed E-state index contributed by atoms with van der Waals surface area (Å²) < 4.78 is 69.0. The molecule has 0 bridgehead atoms. The van der Waals surface area contributed by atoms with E-state index in [1.807, 2.05) is 24.5 Å². The average molecular weight is 554 g/mol. The summed E-state index contributed by atoms with van der Waals surface area (Å²) in [6.45, 7) is 4.38. The highest BCUT2D eigenvalue weighted by Gasteiger charge is 2.49. The van der Waals surface area contributed by atoms with Crippen molar-refractivity contribution in [3.63, 3.8) is 0 Å². The van der Waals surface area contributed by atoms with Crippen LogP contribution in [0.1, 0.15) is 37.0 Å². The number of carboxylic acids is 2. The fourth-order valence-electron chi connectivity index (χ4n) is 4.62. The van der Waals surface area contributed by atoms with Crippen molar-refractivity contribution in [2.75, 3.05) is 20.1 Å². The number of carboxylic acid groups (broad SMARTS) is 2. The van der Waals surface area contributed by atoms with E-state index in [0.29, 0.717) is 11.5 Å². The molecule has 1 saturated carbocycles. The van der Waals surface area contributed by atoms with Crippen LogP contribution in [0.2, 0.25) is 0 Å². The van der Waals surface area contributed by atoms with Gasteiger partial charge in [-0.25, -0.2) is 9.59 Å². The Morgan fingerprint density at radius 1 is 1.05 bits per heavy atom. The number of carbonyl (C=O) groups is 2. The number of aromatic nitrogens is 1. The molecule has 0 amide bonds. The molecular weight excluding hydrogens is 524 g/mol. The number of halogens is 6. The van der Waals surface area contributed by atoms with Gasteiger partial charge in [0.25, 0.3) is 0 Å². The second-order valence-corrected chi connectivity index (χ2v) is 9.15. The summed E-state index contributed by atoms with van der Waals surface area (Å²) >= 11 is 0. The monoisotopic (exact) mass is 553 g/mol. The van der Waals surface area contributed by atoms with Crippen LogP contribution in [0.5, 0.6) is 0 Å². The van der Waals surface area contributed by atoms with E-state index in [9.17, 15) is 26.3 Å². The molecule has 2 aromatic rings. The zero-order chi connectivity index (χ0) is 28.6. The highest BCUT2D eigenvalue weighted by molar-refractivity contribution is 5.73. The van der Waals surface area contributed by atoms with Gasteiger partial charge in [-0.2, -0.15) is 26.3 Å². The zero-order valence-electron chi connectivity index (χ0n) is 20.5. The van der Waals surface area contributed by atoms with E-state index in [-0.39, 0.29) is 0 Å². The van der Waals surface area contributed by atoms with Crippen molar-refractivity contribution < 1.29 is 50.6 Å². The molecule has 2 aromatic heterocycles. The Balaban J connectivity index is 0.000000301. The first kappa shape index (κ1) is 31.1. The van der Waals surface area contributed by atoms with E-state index in [4.69, 9.17) is 24.2 Å². The summed E-state index contributed by atoms with van der Waals surface area (Å²) in [5.74, 6) is -4.44. The molecule has 2 N–H and O–H groups in total. The molecule has 2 aliphatic rings. The van der Waals surface area contributed by atoms with Gasteiger partial charge in [0, 0.05) is 25.0 Å². The van der Waals surface area contributed by atoms with Crippen LogP contribution in [-0.2, 0) is 22.7 Å². The van der Waals surface area contributed by atoms with Gasteiger partial charge in [0.2, 0.25) is 0 Å². The van der Waals surface area contributed by atoms with Gasteiger partial charge in [0.15, 0.2) is 0 Å². The first-order chi connectivity index (χ1) is 17.6. The van der Waals surface area contributed by atoms with Gasteiger partial charge in [-0.15, -0.1) is 0 Å².